The fourth-order valence-electron chi connectivity index (χ4n) is 0.805. The van der Waals surface area contributed by atoms with Crippen molar-refractivity contribution < 1.29 is 0 Å². The van der Waals surface area contributed by atoms with Crippen LogP contribution in [-0.4, -0.2) is 0 Å². The normalized spacial score (nSPS) is 7.62. The molecular formula is C12H22S. The van der Waals surface area contributed by atoms with E-state index in [9.17, 15) is 0 Å². The van der Waals surface area contributed by atoms with Gasteiger partial charge in [-0.25, -0.2) is 0 Å². The molecule has 0 spiro atoms. The Balaban J connectivity index is 0. The number of benzene rings is 1. The third kappa shape index (κ3) is 6.71. The van der Waals surface area contributed by atoms with Gasteiger partial charge in [-0.05, 0) is 25.5 Å². The van der Waals surface area contributed by atoms with Crippen molar-refractivity contribution in [3.63, 3.8) is 0 Å². The zero-order chi connectivity index (χ0) is 10.9. The molecule has 0 aliphatic carbocycles. The van der Waals surface area contributed by atoms with Crippen molar-refractivity contribution in [1.29, 1.82) is 0 Å². The fourth-order valence-corrected chi connectivity index (χ4v) is 0.944. The molecule has 0 aliphatic heterocycles. The smallest absolute Gasteiger partial charge is 0.00694 e. The van der Waals surface area contributed by atoms with Crippen molar-refractivity contribution in [2.24, 2.45) is 0 Å². The molecule has 0 aliphatic rings. The van der Waals surface area contributed by atoms with Gasteiger partial charge in [-0.3, -0.25) is 0 Å². The SMILES string of the molecule is CC.CC.Cc1ccc(S)c(C)c1. The van der Waals surface area contributed by atoms with Crippen LogP contribution >= 0.6 is 12.6 Å². The Labute approximate surface area is 88.8 Å². The number of aryl methyl sites for hydroxylation is 2. The molecule has 0 saturated heterocycles. The average molecular weight is 198 g/mol. The van der Waals surface area contributed by atoms with Gasteiger partial charge in [0, 0.05) is 4.90 Å². The topological polar surface area (TPSA) is 0 Å². The second-order valence-electron chi connectivity index (χ2n) is 2.29. The summed E-state index contributed by atoms with van der Waals surface area (Å²) in [5.41, 5.74) is 2.55. The van der Waals surface area contributed by atoms with E-state index < -0.39 is 0 Å². The van der Waals surface area contributed by atoms with Crippen LogP contribution in [0.4, 0.5) is 0 Å². The van der Waals surface area contributed by atoms with Gasteiger partial charge in [0.15, 0.2) is 0 Å². The summed E-state index contributed by atoms with van der Waals surface area (Å²) in [5, 5.41) is 0. The molecule has 0 atom stereocenters. The molecule has 76 valence electrons. The maximum absolute atomic E-state index is 4.25. The Bertz CT molecular complexity index is 216. The molecule has 0 nitrogen and oxygen atoms in total. The molecule has 1 rings (SSSR count). The van der Waals surface area contributed by atoms with Crippen LogP contribution in [0, 0.1) is 13.8 Å². The van der Waals surface area contributed by atoms with E-state index in [-0.39, 0.29) is 0 Å². The Morgan fingerprint density at radius 1 is 0.923 bits per heavy atom. The summed E-state index contributed by atoms with van der Waals surface area (Å²) in [6.45, 7) is 12.1. The average Bonchev–Trinajstić information content (AvgIpc) is 2.18. The highest BCUT2D eigenvalue weighted by Gasteiger charge is 1.89. The van der Waals surface area contributed by atoms with Crippen LogP contribution in [0.5, 0.6) is 0 Å². The van der Waals surface area contributed by atoms with Crippen LogP contribution in [0.15, 0.2) is 23.1 Å². The molecule has 0 aromatic heterocycles. The lowest BCUT2D eigenvalue weighted by molar-refractivity contribution is 1.27. The predicted octanol–water partition coefficient (Wildman–Crippen LogP) is 4.64. The molecule has 0 bridgehead atoms. The van der Waals surface area contributed by atoms with E-state index >= 15 is 0 Å². The summed E-state index contributed by atoms with van der Waals surface area (Å²) < 4.78 is 0. The van der Waals surface area contributed by atoms with E-state index in [1.807, 2.05) is 33.8 Å². The molecule has 0 fully saturated rings. The van der Waals surface area contributed by atoms with Crippen LogP contribution in [0.1, 0.15) is 38.8 Å². The number of hydrogen-bond donors (Lipinski definition) is 1. The van der Waals surface area contributed by atoms with Crippen LogP contribution < -0.4 is 0 Å². The maximum atomic E-state index is 4.25. The number of rotatable bonds is 0. The first-order chi connectivity index (χ1) is 6.20. The van der Waals surface area contributed by atoms with Gasteiger partial charge in [-0.15, -0.1) is 12.6 Å². The van der Waals surface area contributed by atoms with Gasteiger partial charge in [0.25, 0.3) is 0 Å². The predicted molar refractivity (Wildman–Crippen MR) is 65.9 cm³/mol. The lowest BCUT2D eigenvalue weighted by Crippen LogP contribution is -1.76. The minimum Gasteiger partial charge on any atom is -0.143 e. The standard InChI is InChI=1S/C8H10S.2C2H6/c1-6-3-4-8(9)7(2)5-6;2*1-2/h3-5,9H,1-2H3;2*1-2H3. The first-order valence-electron chi connectivity index (χ1n) is 4.96. The molecule has 0 N–H and O–H groups in total. The van der Waals surface area contributed by atoms with Crippen molar-refractivity contribution in [3.8, 4) is 0 Å². The second kappa shape index (κ2) is 9.66. The van der Waals surface area contributed by atoms with E-state index in [1.54, 1.807) is 0 Å². The monoisotopic (exact) mass is 198 g/mol. The molecule has 0 unspecified atom stereocenters. The van der Waals surface area contributed by atoms with E-state index in [1.165, 1.54) is 11.1 Å². The van der Waals surface area contributed by atoms with Gasteiger partial charge >= 0.3 is 0 Å². The quantitative estimate of drug-likeness (QED) is 0.577. The summed E-state index contributed by atoms with van der Waals surface area (Å²) in [7, 11) is 0. The number of thiol groups is 1. The summed E-state index contributed by atoms with van der Waals surface area (Å²) in [4.78, 5) is 1.07. The zero-order valence-electron chi connectivity index (χ0n) is 9.68. The Morgan fingerprint density at radius 3 is 1.69 bits per heavy atom. The Kier molecular flexibility index (Phi) is 11.2. The third-order valence-corrected chi connectivity index (χ3v) is 1.85. The lowest BCUT2D eigenvalue weighted by Gasteiger charge is -1.97. The van der Waals surface area contributed by atoms with Gasteiger partial charge in [0.2, 0.25) is 0 Å². The minimum absolute atomic E-state index is 1.07. The highest BCUT2D eigenvalue weighted by atomic mass is 32.1. The van der Waals surface area contributed by atoms with Crippen LogP contribution in [0.2, 0.25) is 0 Å². The Morgan fingerprint density at radius 2 is 1.38 bits per heavy atom. The van der Waals surface area contributed by atoms with Crippen molar-refractivity contribution in [2.75, 3.05) is 0 Å². The van der Waals surface area contributed by atoms with Crippen molar-refractivity contribution >= 4 is 12.6 Å². The highest BCUT2D eigenvalue weighted by Crippen LogP contribution is 2.13. The third-order valence-electron chi connectivity index (χ3n) is 1.35. The summed E-state index contributed by atoms with van der Waals surface area (Å²) in [5.74, 6) is 0. The minimum atomic E-state index is 1.07. The molecule has 13 heavy (non-hydrogen) atoms. The molecule has 1 aromatic carbocycles. The Hall–Kier alpha value is -0.430. The van der Waals surface area contributed by atoms with Crippen LogP contribution in [0.25, 0.3) is 0 Å². The van der Waals surface area contributed by atoms with E-state index in [0.29, 0.717) is 0 Å². The van der Waals surface area contributed by atoms with E-state index in [0.717, 1.165) is 4.90 Å². The van der Waals surface area contributed by atoms with Gasteiger partial charge in [0.1, 0.15) is 0 Å². The van der Waals surface area contributed by atoms with Gasteiger partial charge in [-0.1, -0.05) is 45.4 Å². The highest BCUT2D eigenvalue weighted by molar-refractivity contribution is 7.80. The first-order valence-corrected chi connectivity index (χ1v) is 5.41. The lowest BCUT2D eigenvalue weighted by atomic mass is 10.2. The summed E-state index contributed by atoms with van der Waals surface area (Å²) >= 11 is 4.25. The number of hydrogen-bond acceptors (Lipinski definition) is 1. The van der Waals surface area contributed by atoms with Crippen LogP contribution in [-0.2, 0) is 0 Å². The molecule has 0 radical (unpaired) electrons. The molecular weight excluding hydrogens is 176 g/mol. The van der Waals surface area contributed by atoms with E-state index in [2.05, 4.69) is 38.6 Å². The molecule has 0 saturated carbocycles. The second-order valence-corrected chi connectivity index (χ2v) is 2.77. The van der Waals surface area contributed by atoms with Gasteiger partial charge in [-0.2, -0.15) is 0 Å². The van der Waals surface area contributed by atoms with Crippen molar-refractivity contribution in [3.05, 3.63) is 29.3 Å². The molecule has 1 heteroatoms. The zero-order valence-corrected chi connectivity index (χ0v) is 10.6. The fraction of sp³-hybridized carbons (Fsp3) is 0.500. The summed E-state index contributed by atoms with van der Waals surface area (Å²) in [6, 6.07) is 6.21. The first kappa shape index (κ1) is 15.1. The molecule has 0 amide bonds. The largest absolute Gasteiger partial charge is 0.143 e. The van der Waals surface area contributed by atoms with E-state index in [4.69, 9.17) is 0 Å². The summed E-state index contributed by atoms with van der Waals surface area (Å²) in [6.07, 6.45) is 0. The maximum Gasteiger partial charge on any atom is 0.00694 e. The van der Waals surface area contributed by atoms with Gasteiger partial charge < -0.3 is 0 Å². The molecule has 0 heterocycles. The van der Waals surface area contributed by atoms with Crippen molar-refractivity contribution in [2.45, 2.75) is 46.4 Å². The molecule has 1 aromatic rings. The van der Waals surface area contributed by atoms with Crippen LogP contribution in [0.3, 0.4) is 0 Å². The van der Waals surface area contributed by atoms with Crippen molar-refractivity contribution in [1.82, 2.24) is 0 Å². The van der Waals surface area contributed by atoms with Gasteiger partial charge in [0.05, 0.1) is 0 Å².